The number of ether oxygens (including phenoxy) is 3. The normalized spacial score (nSPS) is 42.1. The van der Waals surface area contributed by atoms with Crippen molar-refractivity contribution in [2.75, 3.05) is 6.61 Å². The van der Waals surface area contributed by atoms with Gasteiger partial charge in [0.15, 0.2) is 0 Å². The van der Waals surface area contributed by atoms with Crippen LogP contribution in [-0.2, 0) is 33.4 Å². The zero-order chi connectivity index (χ0) is 38.8. The average Bonchev–Trinajstić information content (AvgIpc) is 2.98. The van der Waals surface area contributed by atoms with E-state index in [-0.39, 0.29) is 37.2 Å². The number of rotatable bonds is 12. The summed E-state index contributed by atoms with van der Waals surface area (Å²) in [6.07, 6.45) is 4.80. The summed E-state index contributed by atoms with van der Waals surface area (Å²) < 4.78 is 19.3. The number of hydrogen-bond acceptors (Lipinski definition) is 8. The van der Waals surface area contributed by atoms with Crippen molar-refractivity contribution in [2.45, 2.75) is 162 Å². The molecule has 4 aliphatic rings. The number of carboxylic acids is 3. The van der Waals surface area contributed by atoms with Crippen molar-refractivity contribution in [3.8, 4) is 0 Å². The maximum atomic E-state index is 13.8. The van der Waals surface area contributed by atoms with E-state index in [9.17, 15) is 39.6 Å². The molecular formula is C40H64O11. The molecule has 4 fully saturated rings. The van der Waals surface area contributed by atoms with E-state index in [0.717, 1.165) is 6.42 Å². The molecule has 2 heterocycles. The minimum absolute atomic E-state index is 0.0405. The highest BCUT2D eigenvalue weighted by molar-refractivity contribution is 5.76. The molecule has 0 aromatic carbocycles. The Labute approximate surface area is 303 Å². The molecule has 51 heavy (non-hydrogen) atoms. The highest BCUT2D eigenvalue weighted by atomic mass is 16.6. The monoisotopic (exact) mass is 720 g/mol. The highest BCUT2D eigenvalue weighted by Crippen LogP contribution is 2.64. The first-order chi connectivity index (χ1) is 23.2. The smallest absolute Gasteiger partial charge is 0.309 e. The Morgan fingerprint density at radius 2 is 1.20 bits per heavy atom. The van der Waals surface area contributed by atoms with Crippen molar-refractivity contribution >= 4 is 23.9 Å². The summed E-state index contributed by atoms with van der Waals surface area (Å²) >= 11 is 0. The van der Waals surface area contributed by atoms with Gasteiger partial charge >= 0.3 is 23.9 Å². The van der Waals surface area contributed by atoms with Gasteiger partial charge in [-0.1, -0.05) is 19.9 Å². The van der Waals surface area contributed by atoms with E-state index in [4.69, 9.17) is 14.2 Å². The number of esters is 1. The number of aliphatic hydroxyl groups excluding tert-OH is 1. The predicted octanol–water partition coefficient (Wildman–Crippen LogP) is 6.88. The van der Waals surface area contributed by atoms with Crippen molar-refractivity contribution in [3.05, 3.63) is 12.7 Å². The van der Waals surface area contributed by atoms with Gasteiger partial charge in [-0.3, -0.25) is 19.2 Å². The van der Waals surface area contributed by atoms with Gasteiger partial charge in [0.25, 0.3) is 0 Å². The van der Waals surface area contributed by atoms with Gasteiger partial charge in [0.2, 0.25) is 0 Å². The molecule has 0 bridgehead atoms. The quantitative estimate of drug-likeness (QED) is 0.122. The number of carbonyl (C=O) groups is 4. The van der Waals surface area contributed by atoms with Gasteiger partial charge in [-0.2, -0.15) is 0 Å². The topological polar surface area (TPSA) is 177 Å². The zero-order valence-corrected chi connectivity index (χ0v) is 32.6. The number of fused-ring (bicyclic) bond motifs is 2. The van der Waals surface area contributed by atoms with Crippen LogP contribution in [0.25, 0.3) is 0 Å². The molecule has 11 atom stereocenters. The van der Waals surface area contributed by atoms with E-state index < -0.39 is 80.0 Å². The number of carbonyl (C=O) groups excluding carboxylic acids is 1. The van der Waals surface area contributed by atoms with Crippen LogP contribution in [-0.4, -0.2) is 79.4 Å². The van der Waals surface area contributed by atoms with Crippen LogP contribution in [0.4, 0.5) is 0 Å². The first-order valence-corrected chi connectivity index (χ1v) is 18.7. The maximum Gasteiger partial charge on any atom is 0.309 e. The summed E-state index contributed by atoms with van der Waals surface area (Å²) in [7, 11) is 0. The van der Waals surface area contributed by atoms with Crippen LogP contribution in [0, 0.1) is 45.3 Å². The van der Waals surface area contributed by atoms with Gasteiger partial charge in [0.05, 0.1) is 46.1 Å². The van der Waals surface area contributed by atoms with Crippen LogP contribution in [0.2, 0.25) is 0 Å². The van der Waals surface area contributed by atoms with Crippen molar-refractivity contribution in [1.29, 1.82) is 0 Å². The molecule has 0 aromatic rings. The molecule has 4 N–H and O–H groups in total. The molecule has 0 radical (unpaired) electrons. The van der Waals surface area contributed by atoms with Crippen molar-refractivity contribution in [3.63, 3.8) is 0 Å². The Bertz CT molecular complexity index is 1410. The lowest BCUT2D eigenvalue weighted by Gasteiger charge is -2.63. The average molecular weight is 721 g/mol. The molecule has 11 heteroatoms. The number of aliphatic hydroxyl groups is 1. The molecule has 2 aliphatic heterocycles. The van der Waals surface area contributed by atoms with E-state index >= 15 is 0 Å². The van der Waals surface area contributed by atoms with Crippen LogP contribution >= 0.6 is 0 Å². The second-order valence-corrected chi connectivity index (χ2v) is 19.0. The molecule has 11 nitrogen and oxygen atoms in total. The fraction of sp³-hybridized carbons (Fsp3) is 0.850. The fourth-order valence-corrected chi connectivity index (χ4v) is 11.9. The lowest BCUT2D eigenvalue weighted by Crippen LogP contribution is -2.65. The molecule has 4 rings (SSSR count). The lowest BCUT2D eigenvalue weighted by molar-refractivity contribution is -0.284. The van der Waals surface area contributed by atoms with E-state index in [2.05, 4.69) is 13.5 Å². The first-order valence-electron chi connectivity index (χ1n) is 18.7. The largest absolute Gasteiger partial charge is 0.481 e. The number of hydrogen-bond donors (Lipinski definition) is 4. The van der Waals surface area contributed by atoms with Gasteiger partial charge in [0.1, 0.15) is 12.7 Å². The minimum atomic E-state index is -1.19. The summed E-state index contributed by atoms with van der Waals surface area (Å²) in [6, 6.07) is 0. The molecular weight excluding hydrogens is 656 g/mol. The Hall–Kier alpha value is -2.50. The third kappa shape index (κ3) is 7.12. The first kappa shape index (κ1) is 41.3. The minimum Gasteiger partial charge on any atom is -0.481 e. The summed E-state index contributed by atoms with van der Waals surface area (Å²) in [4.78, 5) is 50.9. The van der Waals surface area contributed by atoms with Crippen LogP contribution in [0.1, 0.15) is 133 Å². The summed E-state index contributed by atoms with van der Waals surface area (Å²) in [6.45, 7) is 22.0. The predicted molar refractivity (Wildman–Crippen MR) is 190 cm³/mol. The molecule has 2 saturated carbocycles. The molecule has 0 unspecified atom stereocenters. The van der Waals surface area contributed by atoms with Crippen molar-refractivity contribution in [2.24, 2.45) is 45.3 Å². The van der Waals surface area contributed by atoms with E-state index in [1.165, 1.54) is 0 Å². The van der Waals surface area contributed by atoms with Gasteiger partial charge < -0.3 is 34.6 Å². The van der Waals surface area contributed by atoms with E-state index in [1.54, 1.807) is 34.6 Å². The van der Waals surface area contributed by atoms with Gasteiger partial charge in [-0.05, 0) is 141 Å². The Kier molecular flexibility index (Phi) is 10.9. The summed E-state index contributed by atoms with van der Waals surface area (Å²) in [5.41, 5.74) is -6.99. The molecule has 290 valence electrons. The Balaban J connectivity index is 1.53. The van der Waals surface area contributed by atoms with Crippen LogP contribution in [0.15, 0.2) is 12.7 Å². The molecule has 0 spiro atoms. The number of carboxylic acid groups (broad SMARTS) is 3. The third-order valence-corrected chi connectivity index (χ3v) is 14.7. The summed E-state index contributed by atoms with van der Waals surface area (Å²) in [5, 5.41) is 41.9. The van der Waals surface area contributed by atoms with Crippen molar-refractivity contribution in [1.82, 2.24) is 0 Å². The van der Waals surface area contributed by atoms with Gasteiger partial charge in [-0.15, -0.1) is 6.58 Å². The van der Waals surface area contributed by atoms with Crippen LogP contribution < -0.4 is 0 Å². The maximum absolute atomic E-state index is 13.8. The Morgan fingerprint density at radius 1 is 0.745 bits per heavy atom. The van der Waals surface area contributed by atoms with E-state index in [0.29, 0.717) is 44.9 Å². The zero-order valence-electron chi connectivity index (χ0n) is 32.6. The standard InChI is InChI=1S/C40H64O11/c1-12-35(6)17-13-26-37(8,25(34(4,5)32(47)48)14-18-38(26,9)50-35)22-30(44)49-23-28(41)40(11)20-16-27-36(7,21-29(42)43)24(33(2,3)31(45)46)15-19-39(27,10)51-40/h12,24-28,41H,1,13-23H2,2-11H3,(H,42,43)(H,45,46)(H,47,48)/t24-,25-,26-,27-,28-,35+,36-,37-,38+,39+,40+/m1/s1. The molecule has 0 amide bonds. The highest BCUT2D eigenvalue weighted by Gasteiger charge is 2.64. The second-order valence-electron chi connectivity index (χ2n) is 19.0. The van der Waals surface area contributed by atoms with Crippen molar-refractivity contribution < 1.29 is 53.8 Å². The lowest BCUT2D eigenvalue weighted by atomic mass is 9.47. The summed E-state index contributed by atoms with van der Waals surface area (Å²) in [5.74, 6) is -4.57. The van der Waals surface area contributed by atoms with Crippen LogP contribution in [0.3, 0.4) is 0 Å². The molecule has 0 aromatic heterocycles. The SMILES string of the molecule is C=C[C@@]1(C)CC[C@@H]2[C@](C)(CC(=O)OC[C@@H](O)[C@]3(C)CC[C@@H]4[C@](C)(CC(=O)O)[C@@H](C(C)(C)C(=O)O)CC[C@]4(C)O3)[C@@H](C(C)(C)C(=O)O)CC[C@]2(C)O1. The Morgan fingerprint density at radius 3 is 1.65 bits per heavy atom. The van der Waals surface area contributed by atoms with E-state index in [1.807, 2.05) is 33.8 Å². The second kappa shape index (κ2) is 13.4. The van der Waals surface area contributed by atoms with Gasteiger partial charge in [0, 0.05) is 0 Å². The van der Waals surface area contributed by atoms with Crippen LogP contribution in [0.5, 0.6) is 0 Å². The number of aliphatic carboxylic acids is 3. The molecule has 2 saturated heterocycles. The van der Waals surface area contributed by atoms with Gasteiger partial charge in [-0.25, -0.2) is 0 Å². The molecule has 2 aliphatic carbocycles. The fourth-order valence-electron chi connectivity index (χ4n) is 11.9. The third-order valence-electron chi connectivity index (χ3n) is 14.7.